The van der Waals surface area contributed by atoms with Crippen LogP contribution in [0.5, 0.6) is 0 Å². The van der Waals surface area contributed by atoms with Crippen molar-refractivity contribution in [2.75, 3.05) is 11.9 Å². The summed E-state index contributed by atoms with van der Waals surface area (Å²) in [5, 5.41) is 7.48. The average molecular weight is 446 g/mol. The van der Waals surface area contributed by atoms with Gasteiger partial charge in [-0.15, -0.1) is 0 Å². The first-order valence-corrected chi connectivity index (χ1v) is 8.28. The van der Waals surface area contributed by atoms with Gasteiger partial charge in [-0.2, -0.15) is 5.10 Å². The first kappa shape index (κ1) is 17.0. The second-order valence-electron chi connectivity index (χ2n) is 4.29. The highest BCUT2D eigenvalue weighted by Crippen LogP contribution is 2.25. The summed E-state index contributed by atoms with van der Waals surface area (Å²) in [7, 11) is 0. The zero-order valence-electron chi connectivity index (χ0n) is 11.3. The SMILES string of the molecule is O=C(CNc1ccc(Br)cc1Br)N/N=C/c1ccccc1Cl. The lowest BCUT2D eigenvalue weighted by molar-refractivity contribution is -0.119. The highest BCUT2D eigenvalue weighted by Gasteiger charge is 2.03. The van der Waals surface area contributed by atoms with Crippen molar-refractivity contribution in [3.63, 3.8) is 0 Å². The lowest BCUT2D eigenvalue weighted by Crippen LogP contribution is -2.26. The zero-order chi connectivity index (χ0) is 15.9. The van der Waals surface area contributed by atoms with Gasteiger partial charge in [0.25, 0.3) is 5.91 Å². The molecule has 0 saturated heterocycles. The molecule has 0 radical (unpaired) electrons. The maximum absolute atomic E-state index is 11.7. The van der Waals surface area contributed by atoms with E-state index in [0.717, 1.165) is 20.2 Å². The topological polar surface area (TPSA) is 53.5 Å². The summed E-state index contributed by atoms with van der Waals surface area (Å²) in [6.07, 6.45) is 1.51. The van der Waals surface area contributed by atoms with E-state index in [2.05, 4.69) is 47.7 Å². The monoisotopic (exact) mass is 443 g/mol. The number of rotatable bonds is 5. The van der Waals surface area contributed by atoms with E-state index in [0.29, 0.717) is 5.02 Å². The quantitative estimate of drug-likeness (QED) is 0.529. The molecule has 22 heavy (non-hydrogen) atoms. The Morgan fingerprint density at radius 2 is 2.00 bits per heavy atom. The number of halogens is 3. The average Bonchev–Trinajstić information content (AvgIpc) is 2.48. The third kappa shape index (κ3) is 5.12. The number of amides is 1. The molecule has 0 bridgehead atoms. The molecule has 0 aliphatic heterocycles. The minimum Gasteiger partial charge on any atom is -0.375 e. The van der Waals surface area contributed by atoms with Crippen LogP contribution < -0.4 is 10.7 Å². The third-order valence-electron chi connectivity index (χ3n) is 2.67. The van der Waals surface area contributed by atoms with E-state index in [1.807, 2.05) is 36.4 Å². The van der Waals surface area contributed by atoms with Gasteiger partial charge in [0.2, 0.25) is 0 Å². The van der Waals surface area contributed by atoms with E-state index in [-0.39, 0.29) is 12.5 Å². The lowest BCUT2D eigenvalue weighted by atomic mass is 10.2. The van der Waals surface area contributed by atoms with E-state index >= 15 is 0 Å². The minimum absolute atomic E-state index is 0.111. The molecule has 0 fully saturated rings. The molecule has 2 N–H and O–H groups in total. The van der Waals surface area contributed by atoms with Crippen LogP contribution in [0.25, 0.3) is 0 Å². The summed E-state index contributed by atoms with van der Waals surface area (Å²) in [5.74, 6) is -0.252. The van der Waals surface area contributed by atoms with Crippen molar-refractivity contribution in [1.29, 1.82) is 0 Å². The van der Waals surface area contributed by atoms with Crippen LogP contribution in [0.15, 0.2) is 56.5 Å². The maximum Gasteiger partial charge on any atom is 0.259 e. The molecule has 0 aliphatic rings. The van der Waals surface area contributed by atoms with Crippen molar-refractivity contribution in [2.24, 2.45) is 5.10 Å². The number of carbonyl (C=O) groups excluding carboxylic acids is 1. The van der Waals surface area contributed by atoms with Crippen molar-refractivity contribution in [3.8, 4) is 0 Å². The molecule has 2 rings (SSSR count). The molecule has 114 valence electrons. The van der Waals surface area contributed by atoms with E-state index in [1.165, 1.54) is 6.21 Å². The summed E-state index contributed by atoms with van der Waals surface area (Å²) in [5.41, 5.74) is 4.02. The molecule has 0 spiro atoms. The van der Waals surface area contributed by atoms with Gasteiger partial charge in [-0.25, -0.2) is 5.43 Å². The molecule has 0 aliphatic carbocycles. The lowest BCUT2D eigenvalue weighted by Gasteiger charge is -2.07. The van der Waals surface area contributed by atoms with Crippen LogP contribution in [0, 0.1) is 0 Å². The molecular formula is C15H12Br2ClN3O. The summed E-state index contributed by atoms with van der Waals surface area (Å²) in [4.78, 5) is 11.7. The largest absolute Gasteiger partial charge is 0.375 e. The van der Waals surface area contributed by atoms with Crippen LogP contribution >= 0.6 is 43.5 Å². The molecule has 1 amide bonds. The Balaban J connectivity index is 1.84. The number of hydrazone groups is 1. The van der Waals surface area contributed by atoms with Crippen LogP contribution in [0.2, 0.25) is 5.02 Å². The highest BCUT2D eigenvalue weighted by molar-refractivity contribution is 9.11. The molecule has 4 nitrogen and oxygen atoms in total. The fourth-order valence-corrected chi connectivity index (χ4v) is 2.97. The first-order chi connectivity index (χ1) is 10.6. The predicted molar refractivity (Wildman–Crippen MR) is 97.5 cm³/mol. The van der Waals surface area contributed by atoms with Gasteiger partial charge in [-0.1, -0.05) is 45.7 Å². The summed E-state index contributed by atoms with van der Waals surface area (Å²) >= 11 is 12.8. The number of hydrogen-bond donors (Lipinski definition) is 2. The molecule has 0 saturated carbocycles. The van der Waals surface area contributed by atoms with Gasteiger partial charge in [0, 0.05) is 25.2 Å². The molecule has 0 atom stereocenters. The Labute approximate surface area is 150 Å². The van der Waals surface area contributed by atoms with Crippen LogP contribution in [0.3, 0.4) is 0 Å². The van der Waals surface area contributed by atoms with Crippen LogP contribution in [-0.4, -0.2) is 18.7 Å². The van der Waals surface area contributed by atoms with Gasteiger partial charge in [0.15, 0.2) is 0 Å². The maximum atomic E-state index is 11.7. The Bertz CT molecular complexity index is 707. The third-order valence-corrected chi connectivity index (χ3v) is 4.16. The van der Waals surface area contributed by atoms with Gasteiger partial charge in [-0.05, 0) is 40.2 Å². The summed E-state index contributed by atoms with van der Waals surface area (Å²) in [6, 6.07) is 12.9. The van der Waals surface area contributed by atoms with E-state index in [4.69, 9.17) is 11.6 Å². The predicted octanol–water partition coefficient (Wildman–Crippen LogP) is 4.43. The Hall–Kier alpha value is -1.37. The van der Waals surface area contributed by atoms with Crippen molar-refractivity contribution < 1.29 is 4.79 Å². The fourth-order valence-electron chi connectivity index (χ4n) is 1.60. The van der Waals surface area contributed by atoms with Crippen molar-refractivity contribution in [2.45, 2.75) is 0 Å². The summed E-state index contributed by atoms with van der Waals surface area (Å²) < 4.78 is 1.83. The highest BCUT2D eigenvalue weighted by atomic mass is 79.9. The molecule has 0 heterocycles. The van der Waals surface area contributed by atoms with Crippen molar-refractivity contribution in [1.82, 2.24) is 5.43 Å². The van der Waals surface area contributed by atoms with Gasteiger partial charge in [0.05, 0.1) is 12.8 Å². The molecule has 2 aromatic carbocycles. The van der Waals surface area contributed by atoms with Crippen molar-refractivity contribution >= 4 is 61.3 Å². The zero-order valence-corrected chi connectivity index (χ0v) is 15.2. The van der Waals surface area contributed by atoms with Crippen LogP contribution in [0.1, 0.15) is 5.56 Å². The minimum atomic E-state index is -0.252. The normalized spacial score (nSPS) is 10.7. The molecule has 0 unspecified atom stereocenters. The number of nitrogens with one attached hydrogen (secondary N) is 2. The van der Waals surface area contributed by atoms with Crippen molar-refractivity contribution in [3.05, 3.63) is 62.0 Å². The Kier molecular flexibility index (Phi) is 6.42. The Morgan fingerprint density at radius 3 is 2.73 bits per heavy atom. The van der Waals surface area contributed by atoms with Crippen LogP contribution in [-0.2, 0) is 4.79 Å². The van der Waals surface area contributed by atoms with Gasteiger partial charge in [-0.3, -0.25) is 4.79 Å². The number of nitrogens with zero attached hydrogens (tertiary/aromatic N) is 1. The Morgan fingerprint density at radius 1 is 1.23 bits per heavy atom. The number of benzene rings is 2. The standard InChI is InChI=1S/C15H12Br2ClN3O/c16-11-5-6-14(12(17)7-11)19-9-15(22)21-20-8-10-3-1-2-4-13(10)18/h1-8,19H,9H2,(H,21,22)/b20-8+. The fraction of sp³-hybridized carbons (Fsp3) is 0.0667. The molecule has 0 aromatic heterocycles. The van der Waals surface area contributed by atoms with E-state index < -0.39 is 0 Å². The van der Waals surface area contributed by atoms with Gasteiger partial charge < -0.3 is 5.32 Å². The first-order valence-electron chi connectivity index (χ1n) is 6.31. The van der Waals surface area contributed by atoms with E-state index in [9.17, 15) is 4.79 Å². The van der Waals surface area contributed by atoms with Crippen LogP contribution in [0.4, 0.5) is 5.69 Å². The van der Waals surface area contributed by atoms with Gasteiger partial charge >= 0.3 is 0 Å². The number of carbonyl (C=O) groups is 1. The smallest absolute Gasteiger partial charge is 0.259 e. The molecule has 2 aromatic rings. The van der Waals surface area contributed by atoms with E-state index in [1.54, 1.807) is 6.07 Å². The second-order valence-corrected chi connectivity index (χ2v) is 6.47. The number of anilines is 1. The van der Waals surface area contributed by atoms with Gasteiger partial charge in [0.1, 0.15) is 0 Å². The summed E-state index contributed by atoms with van der Waals surface area (Å²) in [6.45, 7) is 0.111. The number of hydrogen-bond acceptors (Lipinski definition) is 3. The molecular weight excluding hydrogens is 433 g/mol. The second kappa shape index (κ2) is 8.31. The molecule has 7 heteroatoms.